The lowest BCUT2D eigenvalue weighted by Gasteiger charge is -2.04. The van der Waals surface area contributed by atoms with E-state index in [2.05, 4.69) is 38.8 Å². The van der Waals surface area contributed by atoms with Gasteiger partial charge < -0.3 is 0 Å². The Morgan fingerprint density at radius 3 is 1.71 bits per heavy atom. The maximum absolute atomic E-state index is 10.9. The summed E-state index contributed by atoms with van der Waals surface area (Å²) in [4.78, 5) is 10.9. The molecular formula is C14H26Br2O. The SMILES string of the molecule is CCCCCCCCCCCCC(Br)C(=O)Br. The average Bonchev–Trinajstić information content (AvgIpc) is 2.31. The van der Waals surface area contributed by atoms with Gasteiger partial charge in [0.25, 0.3) is 0 Å². The third-order valence-electron chi connectivity index (χ3n) is 3.06. The lowest BCUT2D eigenvalue weighted by Crippen LogP contribution is -2.05. The Balaban J connectivity index is 3.06. The van der Waals surface area contributed by atoms with Gasteiger partial charge >= 0.3 is 0 Å². The molecule has 0 saturated carbocycles. The summed E-state index contributed by atoms with van der Waals surface area (Å²) in [5, 5.41) is 0. The molecule has 0 aromatic rings. The van der Waals surface area contributed by atoms with Gasteiger partial charge in [0.15, 0.2) is 0 Å². The molecule has 3 heteroatoms. The van der Waals surface area contributed by atoms with Crippen LogP contribution >= 0.6 is 31.9 Å². The van der Waals surface area contributed by atoms with Crippen molar-refractivity contribution >= 4 is 36.6 Å². The Hall–Kier alpha value is 0.630. The summed E-state index contributed by atoms with van der Waals surface area (Å²) < 4.78 is 0.0772. The number of rotatable bonds is 12. The fourth-order valence-electron chi connectivity index (χ4n) is 1.92. The standard InChI is InChI=1S/C14H26Br2O/c1-2-3-4-5-6-7-8-9-10-11-12-13(15)14(16)17/h13H,2-12H2,1H3. The van der Waals surface area contributed by atoms with Crippen LogP contribution in [0.2, 0.25) is 0 Å². The van der Waals surface area contributed by atoms with Crippen molar-refractivity contribution in [2.75, 3.05) is 0 Å². The molecule has 0 heterocycles. The second kappa shape index (κ2) is 13.1. The van der Waals surface area contributed by atoms with Crippen molar-refractivity contribution in [2.24, 2.45) is 0 Å². The maximum atomic E-state index is 10.9. The smallest absolute Gasteiger partial charge is 0.211 e. The van der Waals surface area contributed by atoms with Crippen LogP contribution in [-0.2, 0) is 4.79 Å². The highest BCUT2D eigenvalue weighted by Gasteiger charge is 2.09. The molecule has 0 aliphatic heterocycles. The predicted molar refractivity (Wildman–Crippen MR) is 83.1 cm³/mol. The minimum atomic E-state index is 0.0107. The van der Waals surface area contributed by atoms with Gasteiger partial charge in [-0.15, -0.1) is 0 Å². The van der Waals surface area contributed by atoms with Crippen LogP contribution in [0, 0.1) is 0 Å². The van der Waals surface area contributed by atoms with E-state index in [1.165, 1.54) is 57.8 Å². The fraction of sp³-hybridized carbons (Fsp3) is 0.929. The highest BCUT2D eigenvalue weighted by atomic mass is 79.9. The van der Waals surface area contributed by atoms with E-state index >= 15 is 0 Å². The first kappa shape index (κ1) is 17.6. The second-order valence-electron chi connectivity index (χ2n) is 4.74. The minimum absolute atomic E-state index is 0.0107. The molecule has 0 aliphatic carbocycles. The molecule has 0 spiro atoms. The van der Waals surface area contributed by atoms with Crippen molar-refractivity contribution in [3.63, 3.8) is 0 Å². The molecular weight excluding hydrogens is 344 g/mol. The van der Waals surface area contributed by atoms with Crippen LogP contribution in [0.3, 0.4) is 0 Å². The lowest BCUT2D eigenvalue weighted by molar-refractivity contribution is -0.109. The summed E-state index contributed by atoms with van der Waals surface area (Å²) in [5.74, 6) is 0. The molecule has 0 N–H and O–H groups in total. The van der Waals surface area contributed by atoms with Crippen molar-refractivity contribution < 1.29 is 4.79 Å². The van der Waals surface area contributed by atoms with Crippen LogP contribution in [0.4, 0.5) is 0 Å². The number of halogens is 2. The molecule has 0 aromatic carbocycles. The quantitative estimate of drug-likeness (QED) is 0.235. The molecule has 0 saturated heterocycles. The highest BCUT2D eigenvalue weighted by molar-refractivity contribution is 9.20. The molecule has 0 bridgehead atoms. The van der Waals surface area contributed by atoms with Crippen LogP contribution in [0.1, 0.15) is 77.6 Å². The molecule has 0 radical (unpaired) electrons. The van der Waals surface area contributed by atoms with Gasteiger partial charge in [0.2, 0.25) is 4.69 Å². The van der Waals surface area contributed by atoms with Crippen LogP contribution in [-0.4, -0.2) is 9.52 Å². The number of hydrogen-bond acceptors (Lipinski definition) is 1. The summed E-state index contributed by atoms with van der Waals surface area (Å²) in [6.07, 6.45) is 14.4. The van der Waals surface area contributed by atoms with Crippen LogP contribution in [0.5, 0.6) is 0 Å². The van der Waals surface area contributed by atoms with Crippen LogP contribution in [0.15, 0.2) is 0 Å². The molecule has 102 valence electrons. The van der Waals surface area contributed by atoms with Gasteiger partial charge in [-0.25, -0.2) is 0 Å². The fourth-order valence-corrected chi connectivity index (χ4v) is 2.48. The summed E-state index contributed by atoms with van der Waals surface area (Å²) in [7, 11) is 0. The van der Waals surface area contributed by atoms with Crippen molar-refractivity contribution in [2.45, 2.75) is 82.4 Å². The van der Waals surface area contributed by atoms with Gasteiger partial charge in [0.1, 0.15) is 0 Å². The summed E-state index contributed by atoms with van der Waals surface area (Å²) >= 11 is 6.34. The van der Waals surface area contributed by atoms with Crippen molar-refractivity contribution in [3.05, 3.63) is 0 Å². The number of hydrogen-bond donors (Lipinski definition) is 0. The number of alkyl halides is 1. The van der Waals surface area contributed by atoms with E-state index in [4.69, 9.17) is 0 Å². The maximum Gasteiger partial charge on any atom is 0.211 e. The van der Waals surface area contributed by atoms with E-state index < -0.39 is 0 Å². The first-order chi connectivity index (χ1) is 8.18. The average molecular weight is 370 g/mol. The minimum Gasteiger partial charge on any atom is -0.285 e. The largest absolute Gasteiger partial charge is 0.285 e. The predicted octanol–water partition coefficient (Wildman–Crippen LogP) is 5.98. The Morgan fingerprint density at radius 2 is 1.29 bits per heavy atom. The third kappa shape index (κ3) is 12.9. The highest BCUT2D eigenvalue weighted by Crippen LogP contribution is 2.16. The zero-order valence-electron chi connectivity index (χ0n) is 11.0. The molecule has 1 nitrogen and oxygen atoms in total. The summed E-state index contributed by atoms with van der Waals surface area (Å²) in [6, 6.07) is 0. The molecule has 1 unspecified atom stereocenters. The van der Waals surface area contributed by atoms with Crippen molar-refractivity contribution in [1.29, 1.82) is 0 Å². The number of carbonyl (C=O) groups is 1. The molecule has 0 rings (SSSR count). The van der Waals surface area contributed by atoms with E-state index in [1.807, 2.05) is 0 Å². The Morgan fingerprint density at radius 1 is 0.882 bits per heavy atom. The Labute approximate surface area is 123 Å². The van der Waals surface area contributed by atoms with Crippen molar-refractivity contribution in [3.8, 4) is 0 Å². The van der Waals surface area contributed by atoms with Gasteiger partial charge in [0, 0.05) is 0 Å². The normalized spacial score (nSPS) is 12.6. The van der Waals surface area contributed by atoms with Crippen molar-refractivity contribution in [1.82, 2.24) is 0 Å². The van der Waals surface area contributed by atoms with E-state index in [0.29, 0.717) is 0 Å². The van der Waals surface area contributed by atoms with Crippen LogP contribution in [0.25, 0.3) is 0 Å². The monoisotopic (exact) mass is 368 g/mol. The van der Waals surface area contributed by atoms with E-state index in [1.54, 1.807) is 0 Å². The zero-order valence-corrected chi connectivity index (χ0v) is 14.2. The first-order valence-corrected chi connectivity index (χ1v) is 8.72. The van der Waals surface area contributed by atoms with Gasteiger partial charge in [0.05, 0.1) is 4.83 Å². The summed E-state index contributed by atoms with van der Waals surface area (Å²) in [6.45, 7) is 2.26. The Kier molecular flexibility index (Phi) is 13.6. The number of carbonyl (C=O) groups excluding carboxylic acids is 1. The van der Waals surface area contributed by atoms with Gasteiger partial charge in [-0.2, -0.15) is 0 Å². The van der Waals surface area contributed by atoms with E-state index in [-0.39, 0.29) is 9.52 Å². The van der Waals surface area contributed by atoms with Gasteiger partial charge in [-0.1, -0.05) is 87.1 Å². The van der Waals surface area contributed by atoms with Gasteiger partial charge in [-0.05, 0) is 22.4 Å². The lowest BCUT2D eigenvalue weighted by atomic mass is 10.1. The first-order valence-electron chi connectivity index (χ1n) is 7.02. The zero-order chi connectivity index (χ0) is 12.9. The molecule has 0 aromatic heterocycles. The molecule has 1 atom stereocenters. The number of unbranched alkanes of at least 4 members (excludes halogenated alkanes) is 9. The molecule has 0 aliphatic rings. The van der Waals surface area contributed by atoms with Crippen LogP contribution < -0.4 is 0 Å². The summed E-state index contributed by atoms with van der Waals surface area (Å²) in [5.41, 5.74) is 0. The third-order valence-corrected chi connectivity index (χ3v) is 5.10. The van der Waals surface area contributed by atoms with E-state index in [9.17, 15) is 4.79 Å². The topological polar surface area (TPSA) is 17.1 Å². The molecule has 0 fully saturated rings. The molecule has 17 heavy (non-hydrogen) atoms. The van der Waals surface area contributed by atoms with E-state index in [0.717, 1.165) is 12.8 Å². The molecule has 0 amide bonds. The Bertz CT molecular complexity index is 183. The second-order valence-corrected chi connectivity index (χ2v) is 6.63. The van der Waals surface area contributed by atoms with Gasteiger partial charge in [-0.3, -0.25) is 4.79 Å².